The van der Waals surface area contributed by atoms with Crippen molar-refractivity contribution in [3.8, 4) is 0 Å². The van der Waals surface area contributed by atoms with Crippen LogP contribution in [-0.2, 0) is 6.54 Å². The fraction of sp³-hybridized carbons (Fsp3) is 0.182. The maximum atomic E-state index is 12.5. The van der Waals surface area contributed by atoms with Gasteiger partial charge in [-0.1, -0.05) is 18.7 Å². The van der Waals surface area contributed by atoms with Gasteiger partial charge in [0, 0.05) is 13.1 Å². The lowest BCUT2D eigenvalue weighted by Gasteiger charge is -2.00. The third-order valence-corrected chi connectivity index (χ3v) is 1.63. The summed E-state index contributed by atoms with van der Waals surface area (Å²) in [6, 6.07) is 6.45. The zero-order valence-electron chi connectivity index (χ0n) is 7.39. The highest BCUT2D eigenvalue weighted by Crippen LogP contribution is 2.01. The van der Waals surface area contributed by atoms with Gasteiger partial charge in [0.05, 0.1) is 0 Å². The van der Waals surface area contributed by atoms with Gasteiger partial charge >= 0.3 is 0 Å². The van der Waals surface area contributed by atoms with Gasteiger partial charge in [-0.05, 0) is 23.8 Å². The number of hydrogen-bond donors (Lipinski definition) is 1. The molecule has 0 radical (unpaired) electrons. The van der Waals surface area contributed by atoms with Crippen molar-refractivity contribution >= 4 is 0 Å². The van der Waals surface area contributed by atoms with Crippen LogP contribution >= 0.6 is 0 Å². The Hall–Kier alpha value is -1.37. The Labute approximate surface area is 77.6 Å². The number of halogens is 1. The summed E-state index contributed by atoms with van der Waals surface area (Å²) in [4.78, 5) is 0. The molecule has 1 rings (SSSR count). The first kappa shape index (κ1) is 9.72. The fourth-order valence-electron chi connectivity index (χ4n) is 0.963. The van der Waals surface area contributed by atoms with Gasteiger partial charge in [0.15, 0.2) is 0 Å². The van der Waals surface area contributed by atoms with Gasteiger partial charge in [-0.15, -0.1) is 5.73 Å². The van der Waals surface area contributed by atoms with Gasteiger partial charge in [-0.2, -0.15) is 0 Å². The summed E-state index contributed by atoms with van der Waals surface area (Å²) in [5, 5.41) is 3.14. The zero-order chi connectivity index (χ0) is 9.52. The first-order valence-corrected chi connectivity index (χ1v) is 4.12. The predicted octanol–water partition coefficient (Wildman–Crippen LogP) is 2.26. The molecule has 0 saturated carbocycles. The molecule has 0 unspecified atom stereocenters. The summed E-state index contributed by atoms with van der Waals surface area (Å²) in [6.45, 7) is 4.92. The molecule has 2 heteroatoms. The molecular weight excluding hydrogens is 165 g/mol. The monoisotopic (exact) mass is 177 g/mol. The molecule has 0 aliphatic rings. The third-order valence-electron chi connectivity index (χ3n) is 1.63. The molecule has 13 heavy (non-hydrogen) atoms. The molecule has 1 aromatic rings. The van der Waals surface area contributed by atoms with Crippen LogP contribution in [0.25, 0.3) is 0 Å². The van der Waals surface area contributed by atoms with Gasteiger partial charge in [0.25, 0.3) is 0 Å². The largest absolute Gasteiger partial charge is 0.309 e. The zero-order valence-corrected chi connectivity index (χ0v) is 7.39. The lowest BCUT2D eigenvalue weighted by Crippen LogP contribution is -2.12. The smallest absolute Gasteiger partial charge is 0.123 e. The van der Waals surface area contributed by atoms with Crippen LogP contribution in [0.3, 0.4) is 0 Å². The van der Waals surface area contributed by atoms with Crippen molar-refractivity contribution in [2.45, 2.75) is 6.54 Å². The Balaban J connectivity index is 2.37. The normalized spacial score (nSPS) is 9.31. The van der Waals surface area contributed by atoms with E-state index in [2.05, 4.69) is 17.6 Å². The molecule has 0 amide bonds. The standard InChI is InChI=1S/C11H12FN/c1-2-3-8-13-9-10-4-6-11(12)7-5-10/h3-7,13H,1,8-9H2. The van der Waals surface area contributed by atoms with Crippen molar-refractivity contribution in [1.82, 2.24) is 5.32 Å². The average molecular weight is 177 g/mol. The second kappa shape index (κ2) is 5.31. The minimum Gasteiger partial charge on any atom is -0.309 e. The number of hydrogen-bond acceptors (Lipinski definition) is 1. The Kier molecular flexibility index (Phi) is 3.97. The second-order valence-corrected chi connectivity index (χ2v) is 2.67. The number of nitrogens with one attached hydrogen (secondary N) is 1. The summed E-state index contributed by atoms with van der Waals surface area (Å²) in [5.41, 5.74) is 3.73. The quantitative estimate of drug-likeness (QED) is 0.549. The highest BCUT2D eigenvalue weighted by molar-refractivity contribution is 5.15. The van der Waals surface area contributed by atoms with Crippen molar-refractivity contribution in [3.05, 3.63) is 54.0 Å². The summed E-state index contributed by atoms with van der Waals surface area (Å²) < 4.78 is 12.5. The van der Waals surface area contributed by atoms with E-state index in [4.69, 9.17) is 0 Å². The molecule has 1 aromatic carbocycles. The summed E-state index contributed by atoms with van der Waals surface area (Å²) in [7, 11) is 0. The van der Waals surface area contributed by atoms with Crippen molar-refractivity contribution < 1.29 is 4.39 Å². The van der Waals surface area contributed by atoms with E-state index < -0.39 is 0 Å². The van der Waals surface area contributed by atoms with Crippen molar-refractivity contribution in [2.24, 2.45) is 0 Å². The molecule has 0 bridgehead atoms. The Morgan fingerprint density at radius 1 is 1.38 bits per heavy atom. The molecular formula is C11H12FN. The molecule has 0 spiro atoms. The van der Waals surface area contributed by atoms with Crippen molar-refractivity contribution in [1.29, 1.82) is 0 Å². The van der Waals surface area contributed by atoms with Gasteiger partial charge in [0.1, 0.15) is 5.82 Å². The molecule has 0 aliphatic carbocycles. The highest BCUT2D eigenvalue weighted by Gasteiger charge is 1.91. The average Bonchev–Trinajstić information content (AvgIpc) is 2.15. The third kappa shape index (κ3) is 3.70. The Morgan fingerprint density at radius 2 is 2.08 bits per heavy atom. The van der Waals surface area contributed by atoms with Gasteiger partial charge in [0.2, 0.25) is 0 Å². The first-order chi connectivity index (χ1) is 6.33. The van der Waals surface area contributed by atoms with Crippen LogP contribution in [0.4, 0.5) is 4.39 Å². The second-order valence-electron chi connectivity index (χ2n) is 2.67. The summed E-state index contributed by atoms with van der Waals surface area (Å²) in [5.74, 6) is -0.199. The van der Waals surface area contributed by atoms with Crippen LogP contribution in [0.5, 0.6) is 0 Å². The highest BCUT2D eigenvalue weighted by atomic mass is 19.1. The van der Waals surface area contributed by atoms with Gasteiger partial charge < -0.3 is 5.32 Å². The first-order valence-electron chi connectivity index (χ1n) is 4.12. The molecule has 0 saturated heterocycles. The molecule has 0 aromatic heterocycles. The fourth-order valence-corrected chi connectivity index (χ4v) is 0.963. The van der Waals surface area contributed by atoms with E-state index in [-0.39, 0.29) is 5.82 Å². The van der Waals surface area contributed by atoms with E-state index in [1.54, 1.807) is 12.1 Å². The van der Waals surface area contributed by atoms with Crippen LogP contribution in [0.15, 0.2) is 42.7 Å². The van der Waals surface area contributed by atoms with E-state index in [0.717, 1.165) is 18.7 Å². The summed E-state index contributed by atoms with van der Waals surface area (Å²) >= 11 is 0. The number of rotatable bonds is 4. The molecule has 0 aliphatic heterocycles. The van der Waals surface area contributed by atoms with Crippen LogP contribution in [-0.4, -0.2) is 6.54 Å². The van der Waals surface area contributed by atoms with E-state index in [9.17, 15) is 4.39 Å². The van der Waals surface area contributed by atoms with E-state index in [0.29, 0.717) is 0 Å². The Bertz CT molecular complexity index is 296. The van der Waals surface area contributed by atoms with Crippen LogP contribution in [0, 0.1) is 5.82 Å². The minimum atomic E-state index is -0.199. The van der Waals surface area contributed by atoms with E-state index in [1.165, 1.54) is 12.1 Å². The van der Waals surface area contributed by atoms with E-state index in [1.807, 2.05) is 6.08 Å². The molecule has 0 heterocycles. The molecule has 0 atom stereocenters. The predicted molar refractivity (Wildman–Crippen MR) is 51.8 cm³/mol. The molecule has 1 nitrogen and oxygen atoms in total. The van der Waals surface area contributed by atoms with Crippen LogP contribution in [0.1, 0.15) is 5.56 Å². The van der Waals surface area contributed by atoms with Gasteiger partial charge in [-0.3, -0.25) is 0 Å². The molecule has 68 valence electrons. The maximum absolute atomic E-state index is 12.5. The maximum Gasteiger partial charge on any atom is 0.123 e. The minimum absolute atomic E-state index is 0.199. The van der Waals surface area contributed by atoms with Crippen molar-refractivity contribution in [3.63, 3.8) is 0 Å². The SMILES string of the molecule is C=C=CCNCc1ccc(F)cc1. The van der Waals surface area contributed by atoms with Crippen molar-refractivity contribution in [2.75, 3.05) is 6.54 Å². The molecule has 1 N–H and O–H groups in total. The lowest BCUT2D eigenvalue weighted by atomic mass is 10.2. The molecule has 0 fully saturated rings. The topological polar surface area (TPSA) is 12.0 Å². The Morgan fingerprint density at radius 3 is 2.69 bits per heavy atom. The van der Waals surface area contributed by atoms with Gasteiger partial charge in [-0.25, -0.2) is 4.39 Å². The lowest BCUT2D eigenvalue weighted by molar-refractivity contribution is 0.626. The summed E-state index contributed by atoms with van der Waals surface area (Å²) in [6.07, 6.45) is 1.81. The van der Waals surface area contributed by atoms with E-state index >= 15 is 0 Å². The van der Waals surface area contributed by atoms with Crippen LogP contribution < -0.4 is 5.32 Å². The number of benzene rings is 1. The van der Waals surface area contributed by atoms with Crippen LogP contribution in [0.2, 0.25) is 0 Å².